The molecule has 11 rings (SSSR count). The number of benzene rings is 8. The summed E-state index contributed by atoms with van der Waals surface area (Å²) in [4.78, 5) is 0. The van der Waals surface area contributed by atoms with Crippen LogP contribution in [0.4, 0.5) is 0 Å². The van der Waals surface area contributed by atoms with Gasteiger partial charge in [-0.2, -0.15) is 5.26 Å². The number of hydrogen-bond acceptors (Lipinski definition) is 2. The van der Waals surface area contributed by atoms with Gasteiger partial charge in [-0.25, -0.2) is 0 Å². The SMILES string of the molecule is N#Cc1cccc(-n2c3ccccc3c3cc(-c4ccc5c(c4)c4ccccc4n5-c4cccc(-c5cccc6c5oc5ccccc56)c4)ccc32)c1. The quantitative estimate of drug-likeness (QED) is 0.186. The molecule has 0 amide bonds. The topological polar surface area (TPSA) is 46.8 Å². The predicted molar refractivity (Wildman–Crippen MR) is 218 cm³/mol. The highest BCUT2D eigenvalue weighted by Crippen LogP contribution is 2.40. The normalized spacial score (nSPS) is 11.8. The highest BCUT2D eigenvalue weighted by Gasteiger charge is 2.18. The third kappa shape index (κ3) is 4.41. The molecule has 0 aliphatic rings. The lowest BCUT2D eigenvalue weighted by atomic mass is 10.0. The zero-order chi connectivity index (χ0) is 35.0. The summed E-state index contributed by atoms with van der Waals surface area (Å²) in [5, 5.41) is 16.7. The first kappa shape index (κ1) is 29.4. The van der Waals surface area contributed by atoms with Gasteiger partial charge < -0.3 is 13.6 Å². The summed E-state index contributed by atoms with van der Waals surface area (Å²) in [6.45, 7) is 0. The standard InChI is InChI=1S/C49H29N3O/c50-30-31-10-7-12-35(26-31)51-44-19-4-1-14-38(44)42-28-32(22-24-46(42)51)33-23-25-47-43(29-33)39-15-2-5-20-45(39)52(47)36-13-8-11-34(27-36)37-17-9-18-41-40-16-3-6-21-48(40)53-49(37)41/h1-29H. The van der Waals surface area contributed by atoms with Crippen molar-refractivity contribution in [2.75, 3.05) is 0 Å². The minimum absolute atomic E-state index is 0.646. The summed E-state index contributed by atoms with van der Waals surface area (Å²) in [7, 11) is 0. The molecule has 0 N–H and O–H groups in total. The molecule has 0 unspecified atom stereocenters. The lowest BCUT2D eigenvalue weighted by molar-refractivity contribution is 0.670. The average Bonchev–Trinajstić information content (AvgIpc) is 3.88. The van der Waals surface area contributed by atoms with Crippen LogP contribution in [0, 0.1) is 11.3 Å². The van der Waals surface area contributed by atoms with E-state index in [9.17, 15) is 5.26 Å². The molecule has 3 heterocycles. The maximum absolute atomic E-state index is 9.61. The molecule has 0 radical (unpaired) electrons. The molecule has 4 nitrogen and oxygen atoms in total. The molecule has 0 saturated heterocycles. The van der Waals surface area contributed by atoms with E-state index in [1.165, 1.54) is 21.5 Å². The van der Waals surface area contributed by atoms with Crippen LogP contribution in [-0.2, 0) is 0 Å². The fourth-order valence-corrected chi connectivity index (χ4v) is 8.36. The third-order valence-corrected chi connectivity index (χ3v) is 10.7. The first-order valence-corrected chi connectivity index (χ1v) is 17.8. The van der Waals surface area contributed by atoms with Gasteiger partial charge in [-0.15, -0.1) is 0 Å². The lowest BCUT2D eigenvalue weighted by Crippen LogP contribution is -1.94. The molecule has 11 aromatic rings. The van der Waals surface area contributed by atoms with Crippen molar-refractivity contribution in [2.24, 2.45) is 0 Å². The van der Waals surface area contributed by atoms with Crippen molar-refractivity contribution in [1.82, 2.24) is 9.13 Å². The van der Waals surface area contributed by atoms with Crippen LogP contribution in [0.1, 0.15) is 5.56 Å². The van der Waals surface area contributed by atoms with Crippen LogP contribution in [-0.4, -0.2) is 9.13 Å². The van der Waals surface area contributed by atoms with E-state index in [4.69, 9.17) is 4.42 Å². The van der Waals surface area contributed by atoms with Gasteiger partial charge in [0.1, 0.15) is 11.2 Å². The fraction of sp³-hybridized carbons (Fsp3) is 0. The van der Waals surface area contributed by atoms with Crippen molar-refractivity contribution >= 4 is 65.6 Å². The van der Waals surface area contributed by atoms with Crippen molar-refractivity contribution in [1.29, 1.82) is 5.26 Å². The number of hydrogen-bond donors (Lipinski definition) is 0. The smallest absolute Gasteiger partial charge is 0.143 e. The first-order valence-electron chi connectivity index (χ1n) is 17.8. The molecule has 0 aliphatic heterocycles. The summed E-state index contributed by atoms with van der Waals surface area (Å²) >= 11 is 0. The van der Waals surface area contributed by atoms with E-state index in [0.717, 1.165) is 77.6 Å². The second-order valence-corrected chi connectivity index (χ2v) is 13.7. The number of furan rings is 1. The zero-order valence-electron chi connectivity index (χ0n) is 28.5. The van der Waals surface area contributed by atoms with Crippen molar-refractivity contribution in [3.63, 3.8) is 0 Å². The largest absolute Gasteiger partial charge is 0.455 e. The Morgan fingerprint density at radius 3 is 1.62 bits per heavy atom. The molecule has 0 bridgehead atoms. The van der Waals surface area contributed by atoms with E-state index in [2.05, 4.69) is 161 Å². The molecule has 8 aromatic carbocycles. The Morgan fingerprint density at radius 2 is 0.943 bits per heavy atom. The van der Waals surface area contributed by atoms with Crippen LogP contribution in [0.5, 0.6) is 0 Å². The maximum Gasteiger partial charge on any atom is 0.143 e. The third-order valence-electron chi connectivity index (χ3n) is 10.7. The van der Waals surface area contributed by atoms with Crippen LogP contribution in [0.15, 0.2) is 180 Å². The summed E-state index contributed by atoms with van der Waals surface area (Å²) in [6.07, 6.45) is 0. The Bertz CT molecular complexity index is 3310. The molecule has 53 heavy (non-hydrogen) atoms. The Kier molecular flexibility index (Phi) is 6.28. The maximum atomic E-state index is 9.61. The molecule has 0 saturated carbocycles. The molecule has 0 aliphatic carbocycles. The Balaban J connectivity index is 1.06. The summed E-state index contributed by atoms with van der Waals surface area (Å²) in [5.41, 5.74) is 13.6. The number of aromatic nitrogens is 2. The van der Waals surface area contributed by atoms with Crippen LogP contribution < -0.4 is 0 Å². The van der Waals surface area contributed by atoms with E-state index >= 15 is 0 Å². The van der Waals surface area contributed by atoms with Crippen molar-refractivity contribution in [3.8, 4) is 39.7 Å². The van der Waals surface area contributed by atoms with Crippen molar-refractivity contribution < 1.29 is 4.42 Å². The van der Waals surface area contributed by atoms with Crippen molar-refractivity contribution in [2.45, 2.75) is 0 Å². The molecule has 3 aromatic heterocycles. The highest BCUT2D eigenvalue weighted by molar-refractivity contribution is 6.13. The summed E-state index contributed by atoms with van der Waals surface area (Å²) < 4.78 is 11.1. The van der Waals surface area contributed by atoms with E-state index in [-0.39, 0.29) is 0 Å². The number of fused-ring (bicyclic) bond motifs is 9. The molecule has 0 fully saturated rings. The van der Waals surface area contributed by atoms with E-state index in [1.54, 1.807) is 0 Å². The summed E-state index contributed by atoms with van der Waals surface area (Å²) in [6, 6.07) is 64.3. The average molecular weight is 676 g/mol. The van der Waals surface area contributed by atoms with Gasteiger partial charge in [0.25, 0.3) is 0 Å². The van der Waals surface area contributed by atoms with Crippen LogP contribution in [0.2, 0.25) is 0 Å². The van der Waals surface area contributed by atoms with Gasteiger partial charge in [-0.1, -0.05) is 103 Å². The second kappa shape index (κ2) is 11.3. The summed E-state index contributed by atoms with van der Waals surface area (Å²) in [5.74, 6) is 0. The second-order valence-electron chi connectivity index (χ2n) is 13.7. The zero-order valence-corrected chi connectivity index (χ0v) is 28.5. The number of nitriles is 1. The van der Waals surface area contributed by atoms with E-state index in [1.807, 2.05) is 30.3 Å². The van der Waals surface area contributed by atoms with Gasteiger partial charge in [0.05, 0.1) is 33.7 Å². The lowest BCUT2D eigenvalue weighted by Gasteiger charge is -2.11. The Hall–Kier alpha value is -7.35. The molecular weight excluding hydrogens is 647 g/mol. The van der Waals surface area contributed by atoms with Gasteiger partial charge in [0.2, 0.25) is 0 Å². The van der Waals surface area contributed by atoms with Gasteiger partial charge in [-0.3, -0.25) is 0 Å². The van der Waals surface area contributed by atoms with E-state index < -0.39 is 0 Å². The predicted octanol–water partition coefficient (Wildman–Crippen LogP) is 13.0. The minimum Gasteiger partial charge on any atom is -0.455 e. The molecule has 246 valence electrons. The highest BCUT2D eigenvalue weighted by atomic mass is 16.3. The number of nitrogens with zero attached hydrogens (tertiary/aromatic N) is 3. The number of para-hydroxylation sites is 4. The first-order chi connectivity index (χ1) is 26.2. The van der Waals surface area contributed by atoms with Crippen LogP contribution >= 0.6 is 0 Å². The van der Waals surface area contributed by atoms with Gasteiger partial charge in [-0.05, 0) is 89.5 Å². The van der Waals surface area contributed by atoms with Crippen LogP contribution in [0.25, 0.3) is 99.2 Å². The molecule has 0 spiro atoms. The fourth-order valence-electron chi connectivity index (χ4n) is 8.36. The Morgan fingerprint density at radius 1 is 0.396 bits per heavy atom. The monoisotopic (exact) mass is 675 g/mol. The molecule has 0 atom stereocenters. The van der Waals surface area contributed by atoms with Gasteiger partial charge in [0, 0.05) is 49.3 Å². The van der Waals surface area contributed by atoms with Crippen LogP contribution in [0.3, 0.4) is 0 Å². The molecule has 4 heteroatoms. The number of rotatable bonds is 4. The minimum atomic E-state index is 0.646. The molecular formula is C49H29N3O. The van der Waals surface area contributed by atoms with Crippen molar-refractivity contribution in [3.05, 3.63) is 181 Å². The Labute approximate surface area is 304 Å². The van der Waals surface area contributed by atoms with E-state index in [0.29, 0.717) is 5.56 Å². The van der Waals surface area contributed by atoms with Gasteiger partial charge in [0.15, 0.2) is 0 Å². The van der Waals surface area contributed by atoms with Gasteiger partial charge >= 0.3 is 0 Å².